The van der Waals surface area contributed by atoms with Gasteiger partial charge in [-0.1, -0.05) is 24.3 Å². The molecule has 2 aromatic rings. The fraction of sp³-hybridized carbons (Fsp3) is 0.391. The van der Waals surface area contributed by atoms with Gasteiger partial charge in [0.1, 0.15) is 5.75 Å². The van der Waals surface area contributed by atoms with E-state index < -0.39 is 0 Å². The fourth-order valence-electron chi connectivity index (χ4n) is 4.31. The number of fused-ring (bicyclic) bond motifs is 1. The number of amides is 2. The van der Waals surface area contributed by atoms with Crippen LogP contribution in [-0.2, 0) is 9.59 Å². The lowest BCUT2D eigenvalue weighted by atomic mass is 9.98. The molecule has 0 aliphatic carbocycles. The molecule has 2 heterocycles. The van der Waals surface area contributed by atoms with Gasteiger partial charge in [-0.2, -0.15) is 0 Å². The van der Waals surface area contributed by atoms with Crippen LogP contribution < -0.4 is 15.0 Å². The van der Waals surface area contributed by atoms with E-state index in [4.69, 9.17) is 4.74 Å². The second-order valence-corrected chi connectivity index (χ2v) is 7.69. The summed E-state index contributed by atoms with van der Waals surface area (Å²) in [5.41, 5.74) is 3.12. The molecule has 0 aromatic heterocycles. The minimum Gasteiger partial charge on any atom is -0.497 e. The summed E-state index contributed by atoms with van der Waals surface area (Å²) in [6.07, 6.45) is 2.57. The first kappa shape index (κ1) is 19.3. The molecule has 0 unspecified atom stereocenters. The van der Waals surface area contributed by atoms with Gasteiger partial charge in [0.15, 0.2) is 0 Å². The van der Waals surface area contributed by atoms with Crippen LogP contribution in [0.1, 0.15) is 30.7 Å². The van der Waals surface area contributed by atoms with E-state index in [0.29, 0.717) is 24.6 Å². The van der Waals surface area contributed by atoms with Crippen molar-refractivity contribution >= 4 is 23.2 Å². The average molecular weight is 393 g/mol. The molecular formula is C23H27N3O3. The predicted octanol–water partition coefficient (Wildman–Crippen LogP) is 3.25. The first-order valence-electron chi connectivity index (χ1n) is 10.2. The van der Waals surface area contributed by atoms with E-state index in [9.17, 15) is 9.59 Å². The number of nitrogens with zero attached hydrogens (tertiary/aromatic N) is 2. The van der Waals surface area contributed by atoms with Gasteiger partial charge in [-0.3, -0.25) is 9.59 Å². The zero-order valence-electron chi connectivity index (χ0n) is 16.8. The number of hydrogen-bond acceptors (Lipinski definition) is 4. The van der Waals surface area contributed by atoms with Gasteiger partial charge in [0.25, 0.3) is 0 Å². The Labute approximate surface area is 171 Å². The number of carbonyl (C=O) groups excluding carboxylic acids is 2. The quantitative estimate of drug-likeness (QED) is 0.784. The Morgan fingerprint density at radius 2 is 2.03 bits per heavy atom. The Kier molecular flexibility index (Phi) is 5.69. The highest BCUT2D eigenvalue weighted by atomic mass is 16.5. The summed E-state index contributed by atoms with van der Waals surface area (Å²) in [6, 6.07) is 15.7. The Morgan fingerprint density at radius 3 is 2.83 bits per heavy atom. The minimum absolute atomic E-state index is 0.0524. The topological polar surface area (TPSA) is 61.9 Å². The van der Waals surface area contributed by atoms with E-state index in [-0.39, 0.29) is 11.8 Å². The standard InChI is InChI=1S/C23H27N3O3/c1-29-19-7-4-6-18(14-19)24-22(27)16-26-15-17(20-8-2-3-9-21(20)26)11-13-25-12-5-10-23(25)28/h2-4,6-9,14,17H,5,10-13,15-16H2,1H3,(H,24,27)/t17-/m0/s1. The van der Waals surface area contributed by atoms with Gasteiger partial charge in [0.05, 0.1) is 13.7 Å². The summed E-state index contributed by atoms with van der Waals surface area (Å²) < 4.78 is 5.22. The third-order valence-electron chi connectivity index (χ3n) is 5.76. The van der Waals surface area contributed by atoms with Crippen molar-refractivity contribution in [1.29, 1.82) is 0 Å². The summed E-state index contributed by atoms with van der Waals surface area (Å²) in [4.78, 5) is 28.7. The lowest BCUT2D eigenvalue weighted by Gasteiger charge is -2.21. The molecule has 1 fully saturated rings. The second kappa shape index (κ2) is 8.55. The van der Waals surface area contributed by atoms with Gasteiger partial charge < -0.3 is 19.9 Å². The van der Waals surface area contributed by atoms with Crippen molar-refractivity contribution in [3.05, 3.63) is 54.1 Å². The normalized spacial score (nSPS) is 18.1. The molecule has 0 bridgehead atoms. The maximum absolute atomic E-state index is 12.6. The highest BCUT2D eigenvalue weighted by Crippen LogP contribution is 2.38. The number of likely N-dealkylation sites (tertiary alicyclic amines) is 1. The zero-order valence-corrected chi connectivity index (χ0v) is 16.8. The molecule has 0 radical (unpaired) electrons. The SMILES string of the molecule is COc1cccc(NC(=O)CN2C[C@H](CCN3CCCC3=O)c3ccccc32)c1. The van der Waals surface area contributed by atoms with Crippen LogP contribution in [0.4, 0.5) is 11.4 Å². The number of ether oxygens (including phenoxy) is 1. The summed E-state index contributed by atoms with van der Waals surface area (Å²) in [6.45, 7) is 2.77. The van der Waals surface area contributed by atoms with Crippen molar-refractivity contribution in [3.63, 3.8) is 0 Å². The van der Waals surface area contributed by atoms with Crippen LogP contribution >= 0.6 is 0 Å². The molecule has 1 N–H and O–H groups in total. The first-order valence-corrected chi connectivity index (χ1v) is 10.2. The van der Waals surface area contributed by atoms with Crippen molar-refractivity contribution < 1.29 is 14.3 Å². The summed E-state index contributed by atoms with van der Waals surface area (Å²) in [5.74, 6) is 1.27. The molecule has 2 aliphatic heterocycles. The molecule has 4 rings (SSSR count). The highest BCUT2D eigenvalue weighted by Gasteiger charge is 2.30. The maximum Gasteiger partial charge on any atom is 0.243 e. The van der Waals surface area contributed by atoms with Gasteiger partial charge in [0, 0.05) is 49.4 Å². The van der Waals surface area contributed by atoms with Crippen LogP contribution in [0.15, 0.2) is 48.5 Å². The molecule has 2 aromatic carbocycles. The van der Waals surface area contributed by atoms with E-state index in [0.717, 1.165) is 43.9 Å². The summed E-state index contributed by atoms with van der Waals surface area (Å²) >= 11 is 0. The predicted molar refractivity (Wildman–Crippen MR) is 113 cm³/mol. The summed E-state index contributed by atoms with van der Waals surface area (Å²) in [7, 11) is 1.61. The highest BCUT2D eigenvalue weighted by molar-refractivity contribution is 5.94. The van der Waals surface area contributed by atoms with Crippen molar-refractivity contribution in [2.75, 3.05) is 43.5 Å². The number of methoxy groups -OCH3 is 1. The molecule has 2 amide bonds. The van der Waals surface area contributed by atoms with Gasteiger partial charge in [-0.25, -0.2) is 0 Å². The largest absolute Gasteiger partial charge is 0.497 e. The molecular weight excluding hydrogens is 366 g/mol. The molecule has 0 saturated carbocycles. The molecule has 6 heteroatoms. The van der Waals surface area contributed by atoms with Gasteiger partial charge in [-0.05, 0) is 36.6 Å². The van der Waals surface area contributed by atoms with Crippen LogP contribution in [0.2, 0.25) is 0 Å². The lowest BCUT2D eigenvalue weighted by molar-refractivity contribution is -0.127. The number of hydrogen-bond donors (Lipinski definition) is 1. The maximum atomic E-state index is 12.6. The molecule has 152 valence electrons. The number of rotatable bonds is 7. The van der Waals surface area contributed by atoms with E-state index in [1.807, 2.05) is 41.3 Å². The minimum atomic E-state index is -0.0524. The number of nitrogens with one attached hydrogen (secondary N) is 1. The Morgan fingerprint density at radius 1 is 1.17 bits per heavy atom. The number of carbonyl (C=O) groups is 2. The van der Waals surface area contributed by atoms with Crippen LogP contribution in [0, 0.1) is 0 Å². The van der Waals surface area contributed by atoms with E-state index in [1.165, 1.54) is 5.56 Å². The van der Waals surface area contributed by atoms with Crippen LogP contribution in [0.5, 0.6) is 5.75 Å². The lowest BCUT2D eigenvalue weighted by Crippen LogP contribution is -2.33. The molecule has 1 saturated heterocycles. The van der Waals surface area contributed by atoms with Crippen molar-refractivity contribution in [2.45, 2.75) is 25.2 Å². The number of benzene rings is 2. The van der Waals surface area contributed by atoms with E-state index in [1.54, 1.807) is 7.11 Å². The molecule has 1 atom stereocenters. The van der Waals surface area contributed by atoms with Crippen LogP contribution in [0.25, 0.3) is 0 Å². The Balaban J connectivity index is 1.40. The van der Waals surface area contributed by atoms with Crippen molar-refractivity contribution in [3.8, 4) is 5.75 Å². The third kappa shape index (κ3) is 4.36. The van der Waals surface area contributed by atoms with E-state index >= 15 is 0 Å². The fourth-order valence-corrected chi connectivity index (χ4v) is 4.31. The molecule has 0 spiro atoms. The smallest absolute Gasteiger partial charge is 0.243 e. The molecule has 2 aliphatic rings. The molecule has 29 heavy (non-hydrogen) atoms. The van der Waals surface area contributed by atoms with E-state index in [2.05, 4.69) is 22.3 Å². The Hall–Kier alpha value is -3.02. The van der Waals surface area contributed by atoms with Crippen LogP contribution in [0.3, 0.4) is 0 Å². The van der Waals surface area contributed by atoms with Gasteiger partial charge >= 0.3 is 0 Å². The third-order valence-corrected chi connectivity index (χ3v) is 5.76. The van der Waals surface area contributed by atoms with Gasteiger partial charge in [0.2, 0.25) is 11.8 Å². The van der Waals surface area contributed by atoms with Crippen molar-refractivity contribution in [1.82, 2.24) is 4.90 Å². The van der Waals surface area contributed by atoms with Crippen LogP contribution in [-0.4, -0.2) is 50.0 Å². The monoisotopic (exact) mass is 393 g/mol. The number of anilines is 2. The average Bonchev–Trinajstić information content (AvgIpc) is 3.30. The zero-order chi connectivity index (χ0) is 20.2. The number of para-hydroxylation sites is 1. The first-order chi connectivity index (χ1) is 14.1. The Bertz CT molecular complexity index is 898. The summed E-state index contributed by atoms with van der Waals surface area (Å²) in [5, 5.41) is 2.96. The molecule has 6 nitrogen and oxygen atoms in total. The van der Waals surface area contributed by atoms with Crippen molar-refractivity contribution in [2.24, 2.45) is 0 Å². The van der Waals surface area contributed by atoms with Gasteiger partial charge in [-0.15, -0.1) is 0 Å². The second-order valence-electron chi connectivity index (χ2n) is 7.69.